The van der Waals surface area contributed by atoms with Gasteiger partial charge in [0.25, 0.3) is 0 Å². The molecule has 1 aliphatic heterocycles. The average molecular weight is 439 g/mol. The summed E-state index contributed by atoms with van der Waals surface area (Å²) in [6, 6.07) is 11.3. The molecule has 28 heavy (non-hydrogen) atoms. The van der Waals surface area contributed by atoms with Gasteiger partial charge in [-0.1, -0.05) is 22.0 Å². The number of rotatable bonds is 3. The molecule has 1 unspecified atom stereocenters. The molecular formula is C21H19BrN4O2. The lowest BCUT2D eigenvalue weighted by molar-refractivity contribution is -0.145. The Morgan fingerprint density at radius 3 is 2.79 bits per heavy atom. The molecule has 0 spiro atoms. The van der Waals surface area contributed by atoms with E-state index in [-0.39, 0.29) is 5.97 Å². The molecule has 0 radical (unpaired) electrons. The largest absolute Gasteiger partial charge is 0.469 e. The van der Waals surface area contributed by atoms with Crippen LogP contribution in [0.5, 0.6) is 0 Å². The van der Waals surface area contributed by atoms with Crippen molar-refractivity contribution in [2.45, 2.75) is 19.9 Å². The Morgan fingerprint density at radius 2 is 2.07 bits per heavy atom. The predicted molar refractivity (Wildman–Crippen MR) is 110 cm³/mol. The maximum Gasteiger partial charge on any atom is 0.311 e. The third-order valence-electron chi connectivity index (χ3n) is 4.91. The summed E-state index contributed by atoms with van der Waals surface area (Å²) >= 11 is 3.57. The van der Waals surface area contributed by atoms with E-state index in [9.17, 15) is 4.79 Å². The molecule has 1 aliphatic rings. The number of fused-ring (bicyclic) bond motifs is 3. The number of benzene rings is 1. The zero-order valence-electron chi connectivity index (χ0n) is 15.8. The van der Waals surface area contributed by atoms with Gasteiger partial charge in [0.1, 0.15) is 11.9 Å². The van der Waals surface area contributed by atoms with Crippen LogP contribution in [0.15, 0.2) is 58.3 Å². The average Bonchev–Trinajstić information content (AvgIpc) is 3.02. The highest BCUT2D eigenvalue weighted by Crippen LogP contribution is 2.36. The summed E-state index contributed by atoms with van der Waals surface area (Å²) in [5, 5.41) is 0. The van der Waals surface area contributed by atoms with Gasteiger partial charge in [-0.05, 0) is 44.2 Å². The summed E-state index contributed by atoms with van der Waals surface area (Å²) in [7, 11) is 1.39. The first-order valence-corrected chi connectivity index (χ1v) is 9.72. The standard InChI is InChI=1S/C21H19BrN4O2/c1-12-11-24-20-18(13(2)21(27)28-3)25-19(16-6-4-5-9-23-16)15-10-14(22)7-8-17(15)26(12)20/h4-11,13,18H,1-3H3/t13?,18-/m0/s1. The first-order chi connectivity index (χ1) is 13.5. The van der Waals surface area contributed by atoms with Gasteiger partial charge in [-0.15, -0.1) is 0 Å². The minimum atomic E-state index is -0.498. The predicted octanol–water partition coefficient (Wildman–Crippen LogP) is 4.04. The first-order valence-electron chi connectivity index (χ1n) is 8.93. The third-order valence-corrected chi connectivity index (χ3v) is 5.40. The van der Waals surface area contributed by atoms with Crippen molar-refractivity contribution in [2.75, 3.05) is 7.11 Å². The molecule has 3 aromatic rings. The summed E-state index contributed by atoms with van der Waals surface area (Å²) in [4.78, 5) is 26.5. The second kappa shape index (κ2) is 7.31. The second-order valence-corrected chi connectivity index (χ2v) is 7.62. The molecule has 0 saturated heterocycles. The molecule has 4 rings (SSSR count). The number of carbonyl (C=O) groups is 1. The Labute approximate surface area is 171 Å². The van der Waals surface area contributed by atoms with Crippen molar-refractivity contribution in [2.24, 2.45) is 10.9 Å². The number of aliphatic imine (C=N–C) groups is 1. The molecule has 142 valence electrons. The Hall–Kier alpha value is -2.80. The fourth-order valence-electron chi connectivity index (χ4n) is 3.49. The van der Waals surface area contributed by atoms with Crippen LogP contribution in [0.3, 0.4) is 0 Å². The van der Waals surface area contributed by atoms with E-state index >= 15 is 0 Å². The zero-order valence-corrected chi connectivity index (χ0v) is 17.3. The topological polar surface area (TPSA) is 69.4 Å². The number of imidazole rings is 1. The van der Waals surface area contributed by atoms with Crippen LogP contribution in [0.25, 0.3) is 5.69 Å². The minimum Gasteiger partial charge on any atom is -0.469 e. The van der Waals surface area contributed by atoms with Gasteiger partial charge in [0, 0.05) is 28.1 Å². The number of pyridine rings is 1. The van der Waals surface area contributed by atoms with Gasteiger partial charge < -0.3 is 4.74 Å². The quantitative estimate of drug-likeness (QED) is 0.578. The SMILES string of the molecule is COC(=O)C(C)[C@@H]1N=C(c2ccccn2)c2cc(Br)ccc2-n2c(C)cnc21. The number of hydrogen-bond donors (Lipinski definition) is 0. The lowest BCUT2D eigenvalue weighted by Crippen LogP contribution is -2.22. The molecule has 3 heterocycles. The van der Waals surface area contributed by atoms with Crippen molar-refractivity contribution in [3.8, 4) is 5.69 Å². The molecular weight excluding hydrogens is 420 g/mol. The Morgan fingerprint density at radius 1 is 1.25 bits per heavy atom. The zero-order chi connectivity index (χ0) is 19.8. The molecule has 6 nitrogen and oxygen atoms in total. The number of esters is 1. The summed E-state index contributed by atoms with van der Waals surface area (Å²) < 4.78 is 8.00. The summed E-state index contributed by atoms with van der Waals surface area (Å²) in [6.45, 7) is 3.81. The van der Waals surface area contributed by atoms with Gasteiger partial charge in [-0.3, -0.25) is 19.3 Å². The molecule has 2 aromatic heterocycles. The highest BCUT2D eigenvalue weighted by atomic mass is 79.9. The Balaban J connectivity index is 2.04. The maximum atomic E-state index is 12.4. The fraction of sp³-hybridized carbons (Fsp3) is 0.238. The second-order valence-electron chi connectivity index (χ2n) is 6.70. The van der Waals surface area contributed by atoms with Crippen LogP contribution in [-0.2, 0) is 9.53 Å². The van der Waals surface area contributed by atoms with Crippen LogP contribution >= 0.6 is 15.9 Å². The number of halogens is 1. The van der Waals surface area contributed by atoms with Crippen molar-refractivity contribution in [1.82, 2.24) is 14.5 Å². The number of nitrogens with zero attached hydrogens (tertiary/aromatic N) is 4. The van der Waals surface area contributed by atoms with Crippen molar-refractivity contribution in [3.05, 3.63) is 76.0 Å². The molecule has 0 N–H and O–H groups in total. The smallest absolute Gasteiger partial charge is 0.311 e. The van der Waals surface area contributed by atoms with E-state index in [2.05, 4.69) is 30.5 Å². The number of ether oxygens (including phenoxy) is 1. The molecule has 0 amide bonds. The highest BCUT2D eigenvalue weighted by molar-refractivity contribution is 9.10. The molecule has 7 heteroatoms. The molecule has 0 aliphatic carbocycles. The van der Waals surface area contributed by atoms with E-state index < -0.39 is 12.0 Å². The van der Waals surface area contributed by atoms with Crippen LogP contribution in [-0.4, -0.2) is 33.3 Å². The summed E-state index contributed by atoms with van der Waals surface area (Å²) in [5.41, 5.74) is 4.32. The number of methoxy groups -OCH3 is 1. The van der Waals surface area contributed by atoms with E-state index in [0.29, 0.717) is 5.82 Å². The minimum absolute atomic E-state index is 0.325. The van der Waals surface area contributed by atoms with Crippen LogP contribution < -0.4 is 0 Å². The Bertz CT molecular complexity index is 1080. The molecule has 0 saturated carbocycles. The fourth-order valence-corrected chi connectivity index (χ4v) is 3.86. The van der Waals surface area contributed by atoms with E-state index in [0.717, 1.165) is 32.8 Å². The lowest BCUT2D eigenvalue weighted by Gasteiger charge is -2.18. The number of aryl methyl sites for hydroxylation is 1. The van der Waals surface area contributed by atoms with Crippen LogP contribution in [0.2, 0.25) is 0 Å². The number of carbonyl (C=O) groups excluding carboxylic acids is 1. The van der Waals surface area contributed by atoms with Crippen molar-refractivity contribution in [3.63, 3.8) is 0 Å². The van der Waals surface area contributed by atoms with Crippen LogP contribution in [0.1, 0.15) is 35.7 Å². The summed E-state index contributed by atoms with van der Waals surface area (Å²) in [5.74, 6) is -0.111. The van der Waals surface area contributed by atoms with E-state index in [1.165, 1.54) is 7.11 Å². The van der Waals surface area contributed by atoms with Gasteiger partial charge in [-0.25, -0.2) is 4.98 Å². The number of hydrogen-bond acceptors (Lipinski definition) is 5. The van der Waals surface area contributed by atoms with Crippen LogP contribution in [0.4, 0.5) is 0 Å². The highest BCUT2D eigenvalue weighted by Gasteiger charge is 2.34. The van der Waals surface area contributed by atoms with E-state index in [1.54, 1.807) is 12.4 Å². The molecule has 2 atom stereocenters. The van der Waals surface area contributed by atoms with E-state index in [1.807, 2.05) is 50.2 Å². The maximum absolute atomic E-state index is 12.4. The van der Waals surface area contributed by atoms with Gasteiger partial charge in [-0.2, -0.15) is 0 Å². The lowest BCUT2D eigenvalue weighted by atomic mass is 10.0. The van der Waals surface area contributed by atoms with Crippen molar-refractivity contribution < 1.29 is 9.53 Å². The van der Waals surface area contributed by atoms with Crippen molar-refractivity contribution in [1.29, 1.82) is 0 Å². The summed E-state index contributed by atoms with van der Waals surface area (Å²) in [6.07, 6.45) is 3.54. The first kappa shape index (κ1) is 18.6. The molecule has 0 bridgehead atoms. The van der Waals surface area contributed by atoms with Gasteiger partial charge >= 0.3 is 5.97 Å². The van der Waals surface area contributed by atoms with Gasteiger partial charge in [0.05, 0.1) is 30.1 Å². The van der Waals surface area contributed by atoms with Crippen LogP contribution in [0, 0.1) is 12.8 Å². The van der Waals surface area contributed by atoms with Gasteiger partial charge in [0.15, 0.2) is 0 Å². The van der Waals surface area contributed by atoms with E-state index in [4.69, 9.17) is 9.73 Å². The third kappa shape index (κ3) is 3.05. The molecule has 0 fully saturated rings. The number of aromatic nitrogens is 3. The van der Waals surface area contributed by atoms with Crippen molar-refractivity contribution >= 4 is 27.6 Å². The Kier molecular flexibility index (Phi) is 4.85. The van der Waals surface area contributed by atoms with Gasteiger partial charge in [0.2, 0.25) is 0 Å². The monoisotopic (exact) mass is 438 g/mol. The normalized spacial score (nSPS) is 16.4. The molecule has 1 aromatic carbocycles.